The molecular formula is C19H19NO6. The monoisotopic (exact) mass is 357 g/mol. The Morgan fingerprint density at radius 1 is 0.885 bits per heavy atom. The van der Waals surface area contributed by atoms with Crippen molar-refractivity contribution in [3.05, 3.63) is 65.5 Å². The van der Waals surface area contributed by atoms with E-state index in [0.29, 0.717) is 5.69 Å². The van der Waals surface area contributed by atoms with Crippen molar-refractivity contribution >= 4 is 23.6 Å². The van der Waals surface area contributed by atoms with Crippen molar-refractivity contribution in [3.63, 3.8) is 0 Å². The van der Waals surface area contributed by atoms with Crippen molar-refractivity contribution in [3.8, 4) is 0 Å². The van der Waals surface area contributed by atoms with Gasteiger partial charge in [0.25, 0.3) is 0 Å². The number of ether oxygens (including phenoxy) is 3. The SMILES string of the molecule is COC(=O)Cc1ccc(N2C=CC=CC(C(=O)OC)=C2C(=O)OC)cc1. The molecule has 7 heteroatoms. The fourth-order valence-electron chi connectivity index (χ4n) is 2.38. The van der Waals surface area contributed by atoms with E-state index in [0.717, 1.165) is 5.56 Å². The number of methoxy groups -OCH3 is 3. The highest BCUT2D eigenvalue weighted by Gasteiger charge is 2.27. The van der Waals surface area contributed by atoms with Crippen molar-refractivity contribution in [2.24, 2.45) is 0 Å². The number of hydrogen-bond donors (Lipinski definition) is 0. The smallest absolute Gasteiger partial charge is 0.355 e. The van der Waals surface area contributed by atoms with E-state index in [1.54, 1.807) is 42.6 Å². The summed E-state index contributed by atoms with van der Waals surface area (Å²) in [5.74, 6) is -1.68. The van der Waals surface area contributed by atoms with Gasteiger partial charge in [-0.05, 0) is 29.8 Å². The van der Waals surface area contributed by atoms with E-state index in [9.17, 15) is 14.4 Å². The van der Waals surface area contributed by atoms with Gasteiger partial charge >= 0.3 is 17.9 Å². The van der Waals surface area contributed by atoms with E-state index in [1.807, 2.05) is 0 Å². The summed E-state index contributed by atoms with van der Waals surface area (Å²) in [6.45, 7) is 0. The fourth-order valence-corrected chi connectivity index (χ4v) is 2.38. The highest BCUT2D eigenvalue weighted by molar-refractivity contribution is 6.05. The number of carbonyl (C=O) groups excluding carboxylic acids is 3. The van der Waals surface area contributed by atoms with Gasteiger partial charge in [0.2, 0.25) is 0 Å². The zero-order valence-electron chi connectivity index (χ0n) is 14.7. The summed E-state index contributed by atoms with van der Waals surface area (Å²) < 4.78 is 14.2. The van der Waals surface area contributed by atoms with E-state index in [1.165, 1.54) is 32.3 Å². The zero-order chi connectivity index (χ0) is 19.1. The van der Waals surface area contributed by atoms with E-state index < -0.39 is 11.9 Å². The van der Waals surface area contributed by atoms with Crippen LogP contribution in [0.2, 0.25) is 0 Å². The van der Waals surface area contributed by atoms with Crippen molar-refractivity contribution < 1.29 is 28.6 Å². The summed E-state index contributed by atoms with van der Waals surface area (Å²) in [7, 11) is 3.80. The van der Waals surface area contributed by atoms with Crippen LogP contribution in [0.15, 0.2) is 60.0 Å². The zero-order valence-corrected chi connectivity index (χ0v) is 14.7. The molecule has 0 N–H and O–H groups in total. The number of anilines is 1. The predicted molar refractivity (Wildman–Crippen MR) is 94.0 cm³/mol. The van der Waals surface area contributed by atoms with Gasteiger partial charge in [0.05, 0.1) is 33.3 Å². The number of esters is 3. The number of hydrogen-bond acceptors (Lipinski definition) is 7. The second-order valence-electron chi connectivity index (χ2n) is 5.24. The van der Waals surface area contributed by atoms with Crippen LogP contribution in [0, 0.1) is 0 Å². The van der Waals surface area contributed by atoms with Crippen LogP contribution < -0.4 is 4.90 Å². The van der Waals surface area contributed by atoms with Gasteiger partial charge in [0.15, 0.2) is 0 Å². The number of nitrogens with zero attached hydrogens (tertiary/aromatic N) is 1. The molecular weight excluding hydrogens is 338 g/mol. The van der Waals surface area contributed by atoms with Crippen molar-refractivity contribution in [1.82, 2.24) is 0 Å². The molecule has 7 nitrogen and oxygen atoms in total. The average Bonchev–Trinajstić information content (AvgIpc) is 2.90. The van der Waals surface area contributed by atoms with Gasteiger partial charge in [-0.25, -0.2) is 9.59 Å². The Labute approximate surface area is 151 Å². The van der Waals surface area contributed by atoms with E-state index in [4.69, 9.17) is 9.47 Å². The first-order valence-electron chi connectivity index (χ1n) is 7.72. The quantitative estimate of drug-likeness (QED) is 0.588. The molecule has 0 aromatic heterocycles. The fraction of sp³-hybridized carbons (Fsp3) is 0.211. The van der Waals surface area contributed by atoms with E-state index in [2.05, 4.69) is 4.74 Å². The Balaban J connectivity index is 2.46. The molecule has 0 radical (unpaired) electrons. The molecule has 1 aromatic carbocycles. The van der Waals surface area contributed by atoms with Crippen LogP contribution in [0.3, 0.4) is 0 Å². The Morgan fingerprint density at radius 2 is 1.54 bits per heavy atom. The Kier molecular flexibility index (Phi) is 6.32. The number of rotatable bonds is 5. The molecule has 136 valence electrons. The Hall–Kier alpha value is -3.35. The first-order valence-corrected chi connectivity index (χ1v) is 7.72. The summed E-state index contributed by atoms with van der Waals surface area (Å²) in [5.41, 5.74) is 1.47. The van der Waals surface area contributed by atoms with Crippen molar-refractivity contribution in [1.29, 1.82) is 0 Å². The Bertz CT molecular complexity index is 789. The summed E-state index contributed by atoms with van der Waals surface area (Å²) in [5, 5.41) is 0. The lowest BCUT2D eigenvalue weighted by atomic mass is 10.1. The molecule has 26 heavy (non-hydrogen) atoms. The van der Waals surface area contributed by atoms with E-state index >= 15 is 0 Å². The molecule has 0 amide bonds. The van der Waals surface area contributed by atoms with Gasteiger partial charge in [-0.1, -0.05) is 18.2 Å². The topological polar surface area (TPSA) is 82.1 Å². The number of carbonyl (C=O) groups is 3. The highest BCUT2D eigenvalue weighted by atomic mass is 16.5. The van der Waals surface area contributed by atoms with Crippen LogP contribution in [-0.2, 0) is 35.0 Å². The largest absolute Gasteiger partial charge is 0.469 e. The molecule has 0 saturated heterocycles. The maximum absolute atomic E-state index is 12.3. The van der Waals surface area contributed by atoms with Gasteiger partial charge in [0.1, 0.15) is 5.70 Å². The molecule has 0 spiro atoms. The van der Waals surface area contributed by atoms with Crippen LogP contribution in [0.25, 0.3) is 0 Å². The van der Waals surface area contributed by atoms with Crippen LogP contribution in [0.4, 0.5) is 5.69 Å². The van der Waals surface area contributed by atoms with Gasteiger partial charge in [-0.2, -0.15) is 0 Å². The average molecular weight is 357 g/mol. The van der Waals surface area contributed by atoms with Gasteiger partial charge in [0, 0.05) is 11.9 Å². The highest BCUT2D eigenvalue weighted by Crippen LogP contribution is 2.26. The van der Waals surface area contributed by atoms with Gasteiger partial charge < -0.3 is 19.1 Å². The molecule has 0 saturated carbocycles. The van der Waals surface area contributed by atoms with Crippen LogP contribution in [0.5, 0.6) is 0 Å². The molecule has 0 unspecified atom stereocenters. The normalized spacial score (nSPS) is 13.3. The first-order chi connectivity index (χ1) is 12.5. The number of benzene rings is 1. The van der Waals surface area contributed by atoms with E-state index in [-0.39, 0.29) is 23.7 Å². The molecule has 2 rings (SSSR count). The summed E-state index contributed by atoms with van der Waals surface area (Å²) >= 11 is 0. The maximum Gasteiger partial charge on any atom is 0.355 e. The lowest BCUT2D eigenvalue weighted by molar-refractivity contribution is -0.140. The summed E-state index contributed by atoms with van der Waals surface area (Å²) in [4.78, 5) is 37.3. The standard InChI is InChI=1S/C19H19NO6/c1-24-16(21)12-13-7-9-14(10-8-13)20-11-5-4-6-15(18(22)25-2)17(20)19(23)26-3/h4-11H,12H2,1-3H3. The number of allylic oxidation sites excluding steroid dienone is 2. The summed E-state index contributed by atoms with van der Waals surface area (Å²) in [6.07, 6.45) is 6.57. The third-order valence-corrected chi connectivity index (χ3v) is 3.68. The second-order valence-corrected chi connectivity index (χ2v) is 5.24. The molecule has 0 aliphatic carbocycles. The maximum atomic E-state index is 12.3. The van der Waals surface area contributed by atoms with Crippen LogP contribution in [-0.4, -0.2) is 39.2 Å². The Morgan fingerprint density at radius 3 is 2.12 bits per heavy atom. The summed E-state index contributed by atoms with van der Waals surface area (Å²) in [6, 6.07) is 6.94. The lowest BCUT2D eigenvalue weighted by Gasteiger charge is -2.23. The van der Waals surface area contributed by atoms with Gasteiger partial charge in [-0.3, -0.25) is 4.79 Å². The minimum atomic E-state index is -0.680. The predicted octanol–water partition coefficient (Wildman–Crippen LogP) is 1.89. The third-order valence-electron chi connectivity index (χ3n) is 3.68. The van der Waals surface area contributed by atoms with Crippen LogP contribution in [0.1, 0.15) is 5.56 Å². The molecule has 0 fully saturated rings. The minimum Gasteiger partial charge on any atom is -0.469 e. The lowest BCUT2D eigenvalue weighted by Crippen LogP contribution is -2.26. The molecule has 1 aliphatic rings. The van der Waals surface area contributed by atoms with Crippen LogP contribution >= 0.6 is 0 Å². The minimum absolute atomic E-state index is 0.0325. The third kappa shape index (κ3) is 4.18. The molecule has 1 aliphatic heterocycles. The van der Waals surface area contributed by atoms with Gasteiger partial charge in [-0.15, -0.1) is 0 Å². The molecule has 0 bridgehead atoms. The van der Waals surface area contributed by atoms with Crippen molar-refractivity contribution in [2.45, 2.75) is 6.42 Å². The molecule has 1 heterocycles. The molecule has 1 aromatic rings. The first kappa shape index (κ1) is 19.0. The second kappa shape index (κ2) is 8.66. The van der Waals surface area contributed by atoms with Crippen molar-refractivity contribution in [2.75, 3.05) is 26.2 Å². The molecule has 0 atom stereocenters.